The molecule has 1 aromatic carbocycles. The van der Waals surface area contributed by atoms with Gasteiger partial charge < -0.3 is 9.73 Å². The standard InChI is InChI=1S/C14H14N2O3/c1-9-5-6-11(10(2)8-9)15-14(18)16-13(17)12-4-3-7-19-12/h3-8H,1-2H3,(H2,15,16,17,18). The minimum absolute atomic E-state index is 0.0933. The van der Waals surface area contributed by atoms with Crippen molar-refractivity contribution in [2.75, 3.05) is 5.32 Å². The second-order valence-electron chi connectivity index (χ2n) is 4.20. The predicted octanol–water partition coefficient (Wildman–Crippen LogP) is 2.86. The van der Waals surface area contributed by atoms with Gasteiger partial charge in [0.15, 0.2) is 5.76 Å². The molecule has 5 nitrogen and oxygen atoms in total. The van der Waals surface area contributed by atoms with Crippen molar-refractivity contribution in [1.82, 2.24) is 5.32 Å². The van der Waals surface area contributed by atoms with Crippen LogP contribution in [0, 0.1) is 13.8 Å². The number of nitrogens with one attached hydrogen (secondary N) is 2. The molecule has 3 amide bonds. The van der Waals surface area contributed by atoms with Gasteiger partial charge in [-0.15, -0.1) is 0 Å². The van der Waals surface area contributed by atoms with Crippen LogP contribution in [0.3, 0.4) is 0 Å². The van der Waals surface area contributed by atoms with Crippen molar-refractivity contribution < 1.29 is 14.0 Å². The Morgan fingerprint density at radius 2 is 1.95 bits per heavy atom. The van der Waals surface area contributed by atoms with Crippen LogP contribution >= 0.6 is 0 Å². The summed E-state index contributed by atoms with van der Waals surface area (Å²) in [5, 5.41) is 4.81. The quantitative estimate of drug-likeness (QED) is 0.870. The van der Waals surface area contributed by atoms with Gasteiger partial charge in [-0.25, -0.2) is 4.79 Å². The Bertz CT molecular complexity index is 603. The third kappa shape index (κ3) is 3.22. The van der Waals surface area contributed by atoms with Crippen molar-refractivity contribution in [3.05, 3.63) is 53.5 Å². The van der Waals surface area contributed by atoms with E-state index in [2.05, 4.69) is 10.6 Å². The molecule has 2 aromatic rings. The van der Waals surface area contributed by atoms with Crippen LogP contribution in [-0.4, -0.2) is 11.9 Å². The fourth-order valence-electron chi connectivity index (χ4n) is 1.68. The molecular weight excluding hydrogens is 244 g/mol. The summed E-state index contributed by atoms with van der Waals surface area (Å²) in [6.07, 6.45) is 1.37. The molecule has 1 heterocycles. The minimum Gasteiger partial charge on any atom is -0.459 e. The first-order chi connectivity index (χ1) is 9.06. The first-order valence-corrected chi connectivity index (χ1v) is 5.79. The van der Waals surface area contributed by atoms with E-state index < -0.39 is 11.9 Å². The third-order valence-corrected chi connectivity index (χ3v) is 2.60. The lowest BCUT2D eigenvalue weighted by Gasteiger charge is -2.09. The van der Waals surface area contributed by atoms with E-state index >= 15 is 0 Å². The molecule has 5 heteroatoms. The number of anilines is 1. The molecule has 0 bridgehead atoms. The number of urea groups is 1. The number of carbonyl (C=O) groups is 2. The average Bonchev–Trinajstić information content (AvgIpc) is 2.86. The molecule has 0 radical (unpaired) electrons. The molecule has 0 aliphatic heterocycles. The molecule has 0 saturated heterocycles. The lowest BCUT2D eigenvalue weighted by atomic mass is 10.1. The number of hydrogen-bond acceptors (Lipinski definition) is 3. The first-order valence-electron chi connectivity index (χ1n) is 5.79. The SMILES string of the molecule is Cc1ccc(NC(=O)NC(=O)c2ccco2)c(C)c1. The van der Waals surface area contributed by atoms with E-state index in [1.54, 1.807) is 12.1 Å². The lowest BCUT2D eigenvalue weighted by molar-refractivity contribution is 0.0940. The molecule has 0 aliphatic rings. The molecule has 2 N–H and O–H groups in total. The Labute approximate surface area is 110 Å². The Morgan fingerprint density at radius 3 is 2.58 bits per heavy atom. The number of furan rings is 1. The molecule has 19 heavy (non-hydrogen) atoms. The van der Waals surface area contributed by atoms with Crippen molar-refractivity contribution in [2.45, 2.75) is 13.8 Å². The monoisotopic (exact) mass is 258 g/mol. The highest BCUT2D eigenvalue weighted by atomic mass is 16.3. The second-order valence-corrected chi connectivity index (χ2v) is 4.20. The molecule has 0 saturated carbocycles. The lowest BCUT2D eigenvalue weighted by Crippen LogP contribution is -2.34. The van der Waals surface area contributed by atoms with Crippen LogP contribution in [0.2, 0.25) is 0 Å². The van der Waals surface area contributed by atoms with E-state index in [1.165, 1.54) is 12.3 Å². The maximum absolute atomic E-state index is 11.7. The summed E-state index contributed by atoms with van der Waals surface area (Å²) in [5.41, 5.74) is 2.70. The predicted molar refractivity (Wildman–Crippen MR) is 71.1 cm³/mol. The zero-order valence-corrected chi connectivity index (χ0v) is 10.7. The highest BCUT2D eigenvalue weighted by molar-refractivity contribution is 6.06. The van der Waals surface area contributed by atoms with Gasteiger partial charge in [0.25, 0.3) is 5.91 Å². The smallest absolute Gasteiger partial charge is 0.326 e. The maximum Gasteiger partial charge on any atom is 0.326 e. The average molecular weight is 258 g/mol. The number of amides is 3. The molecule has 0 spiro atoms. The molecular formula is C14H14N2O3. The van der Waals surface area contributed by atoms with Gasteiger partial charge in [-0.2, -0.15) is 0 Å². The highest BCUT2D eigenvalue weighted by Gasteiger charge is 2.13. The second kappa shape index (κ2) is 5.39. The van der Waals surface area contributed by atoms with Gasteiger partial charge in [0, 0.05) is 5.69 Å². The highest BCUT2D eigenvalue weighted by Crippen LogP contribution is 2.15. The molecule has 0 unspecified atom stereocenters. The van der Waals surface area contributed by atoms with Crippen LogP contribution in [-0.2, 0) is 0 Å². The summed E-state index contributed by atoms with van der Waals surface area (Å²) in [6.45, 7) is 3.86. The number of imide groups is 1. The van der Waals surface area contributed by atoms with E-state index in [0.29, 0.717) is 5.69 Å². The van der Waals surface area contributed by atoms with Crippen molar-refractivity contribution >= 4 is 17.6 Å². The van der Waals surface area contributed by atoms with E-state index in [4.69, 9.17) is 4.42 Å². The topological polar surface area (TPSA) is 71.3 Å². The van der Waals surface area contributed by atoms with Gasteiger partial charge >= 0.3 is 6.03 Å². The zero-order chi connectivity index (χ0) is 13.8. The van der Waals surface area contributed by atoms with Crippen molar-refractivity contribution in [1.29, 1.82) is 0 Å². The van der Waals surface area contributed by atoms with Crippen LogP contribution < -0.4 is 10.6 Å². The van der Waals surface area contributed by atoms with E-state index in [0.717, 1.165) is 11.1 Å². The van der Waals surface area contributed by atoms with Crippen LogP contribution in [0.25, 0.3) is 0 Å². The molecule has 0 aliphatic carbocycles. The first kappa shape index (κ1) is 12.9. The van der Waals surface area contributed by atoms with Crippen molar-refractivity contribution in [3.8, 4) is 0 Å². The fourth-order valence-corrected chi connectivity index (χ4v) is 1.68. The zero-order valence-electron chi connectivity index (χ0n) is 10.7. The fraction of sp³-hybridized carbons (Fsp3) is 0.143. The summed E-state index contributed by atoms with van der Waals surface area (Å²) in [6, 6.07) is 8.10. The van der Waals surface area contributed by atoms with Crippen LogP contribution in [0.5, 0.6) is 0 Å². The molecule has 98 valence electrons. The van der Waals surface area contributed by atoms with E-state index in [1.807, 2.05) is 26.0 Å². The Hall–Kier alpha value is -2.56. The Balaban J connectivity index is 2.00. The summed E-state index contributed by atoms with van der Waals surface area (Å²) >= 11 is 0. The molecule has 0 fully saturated rings. The third-order valence-electron chi connectivity index (χ3n) is 2.60. The molecule has 0 atom stereocenters. The Morgan fingerprint density at radius 1 is 1.16 bits per heavy atom. The van der Waals surface area contributed by atoms with Gasteiger partial charge in [-0.05, 0) is 37.6 Å². The van der Waals surface area contributed by atoms with Crippen LogP contribution in [0.4, 0.5) is 10.5 Å². The largest absolute Gasteiger partial charge is 0.459 e. The number of rotatable bonds is 2. The summed E-state index contributed by atoms with van der Waals surface area (Å²) in [4.78, 5) is 23.3. The summed E-state index contributed by atoms with van der Waals surface area (Å²) in [5.74, 6) is -0.483. The van der Waals surface area contributed by atoms with Crippen molar-refractivity contribution in [3.63, 3.8) is 0 Å². The van der Waals surface area contributed by atoms with Gasteiger partial charge in [-0.1, -0.05) is 17.7 Å². The van der Waals surface area contributed by atoms with E-state index in [-0.39, 0.29) is 5.76 Å². The van der Waals surface area contributed by atoms with E-state index in [9.17, 15) is 9.59 Å². The number of hydrogen-bond donors (Lipinski definition) is 2. The van der Waals surface area contributed by atoms with Crippen LogP contribution in [0.15, 0.2) is 41.0 Å². The van der Waals surface area contributed by atoms with Gasteiger partial charge in [0.2, 0.25) is 0 Å². The van der Waals surface area contributed by atoms with Gasteiger partial charge in [0.1, 0.15) is 0 Å². The van der Waals surface area contributed by atoms with Gasteiger partial charge in [0.05, 0.1) is 6.26 Å². The summed E-state index contributed by atoms with van der Waals surface area (Å²) < 4.78 is 4.89. The van der Waals surface area contributed by atoms with Gasteiger partial charge in [-0.3, -0.25) is 10.1 Å². The normalized spacial score (nSPS) is 10.0. The number of carbonyl (C=O) groups excluding carboxylic acids is 2. The Kier molecular flexibility index (Phi) is 3.66. The number of benzene rings is 1. The van der Waals surface area contributed by atoms with Crippen molar-refractivity contribution in [2.24, 2.45) is 0 Å². The summed E-state index contributed by atoms with van der Waals surface area (Å²) in [7, 11) is 0. The molecule has 1 aromatic heterocycles. The maximum atomic E-state index is 11.7. The number of aryl methyl sites for hydroxylation is 2. The minimum atomic E-state index is -0.589. The molecule has 2 rings (SSSR count). The van der Waals surface area contributed by atoms with Crippen LogP contribution in [0.1, 0.15) is 21.7 Å².